The van der Waals surface area contributed by atoms with E-state index in [4.69, 9.17) is 27.9 Å². The first-order valence-electron chi connectivity index (χ1n) is 9.76. The van der Waals surface area contributed by atoms with E-state index in [0.717, 1.165) is 30.7 Å². The molecule has 28 heavy (non-hydrogen) atoms. The third-order valence-electron chi connectivity index (χ3n) is 5.46. The molecule has 2 aromatic carbocycles. The van der Waals surface area contributed by atoms with E-state index in [1.807, 2.05) is 18.3 Å². The van der Waals surface area contributed by atoms with Crippen molar-refractivity contribution in [2.45, 2.75) is 52.0 Å². The normalized spacial score (nSPS) is 18.4. The van der Waals surface area contributed by atoms with Crippen LogP contribution in [-0.4, -0.2) is 25.4 Å². The monoisotopic (exact) mass is 418 g/mol. The molecule has 1 unspecified atom stereocenters. The van der Waals surface area contributed by atoms with Gasteiger partial charge in [-0.2, -0.15) is 0 Å². The minimum atomic E-state index is 0.122. The van der Waals surface area contributed by atoms with Gasteiger partial charge in [0.05, 0.1) is 22.8 Å². The van der Waals surface area contributed by atoms with Gasteiger partial charge in [0.15, 0.2) is 0 Å². The molecular formula is C23H28Cl2N2O. The van der Waals surface area contributed by atoms with Gasteiger partial charge in [0, 0.05) is 35.6 Å². The molecule has 0 radical (unpaired) electrons. The number of methoxy groups -OCH3 is 1. The number of rotatable bonds is 5. The molecule has 1 aliphatic heterocycles. The molecule has 0 aliphatic carbocycles. The van der Waals surface area contributed by atoms with Gasteiger partial charge in [-0.3, -0.25) is 4.99 Å². The summed E-state index contributed by atoms with van der Waals surface area (Å²) >= 11 is 12.4. The molecule has 1 atom stereocenters. The number of aliphatic imine (C=N–C) groups is 1. The van der Waals surface area contributed by atoms with E-state index in [2.05, 4.69) is 49.7 Å². The quantitative estimate of drug-likeness (QED) is 0.477. The smallest absolute Gasteiger partial charge is 0.129 e. The van der Waals surface area contributed by atoms with Gasteiger partial charge in [0.25, 0.3) is 0 Å². The minimum absolute atomic E-state index is 0.122. The van der Waals surface area contributed by atoms with Crippen molar-refractivity contribution in [3.63, 3.8) is 0 Å². The topological polar surface area (TPSA) is 24.8 Å². The molecule has 0 saturated carbocycles. The van der Waals surface area contributed by atoms with Crippen molar-refractivity contribution in [2.75, 3.05) is 18.6 Å². The molecule has 5 heteroatoms. The maximum atomic E-state index is 6.27. The zero-order chi connectivity index (χ0) is 20.5. The van der Waals surface area contributed by atoms with Crippen molar-refractivity contribution >= 4 is 40.8 Å². The molecule has 2 aromatic rings. The van der Waals surface area contributed by atoms with Crippen LogP contribution in [0, 0.1) is 0 Å². The molecule has 0 saturated heterocycles. The Kier molecular flexibility index (Phi) is 6.26. The van der Waals surface area contributed by atoms with Crippen LogP contribution in [-0.2, 0) is 0 Å². The predicted octanol–water partition coefficient (Wildman–Crippen LogP) is 7.25. The van der Waals surface area contributed by atoms with Crippen LogP contribution in [0.3, 0.4) is 0 Å². The van der Waals surface area contributed by atoms with E-state index in [1.165, 1.54) is 11.3 Å². The first-order chi connectivity index (χ1) is 13.3. The number of fused-ring (bicyclic) bond motifs is 1. The van der Waals surface area contributed by atoms with Gasteiger partial charge in [0.2, 0.25) is 0 Å². The van der Waals surface area contributed by atoms with Gasteiger partial charge in [-0.15, -0.1) is 0 Å². The van der Waals surface area contributed by atoms with Crippen LogP contribution in [0.25, 0.3) is 0 Å². The third-order valence-corrected chi connectivity index (χ3v) is 6.27. The molecule has 0 aromatic heterocycles. The Labute approximate surface area is 178 Å². The maximum absolute atomic E-state index is 6.27. The van der Waals surface area contributed by atoms with Crippen molar-refractivity contribution in [1.82, 2.24) is 0 Å². The summed E-state index contributed by atoms with van der Waals surface area (Å²) in [5, 5.41) is 0.960. The number of hydrogen-bond donors (Lipinski definition) is 0. The minimum Gasteiger partial charge on any atom is -0.496 e. The van der Waals surface area contributed by atoms with Gasteiger partial charge in [-0.25, -0.2) is 0 Å². The fraction of sp³-hybridized carbons (Fsp3) is 0.435. The number of hydrogen-bond acceptors (Lipinski definition) is 3. The average Bonchev–Trinajstić information content (AvgIpc) is 2.65. The Hall–Kier alpha value is -1.71. The predicted molar refractivity (Wildman–Crippen MR) is 121 cm³/mol. The third kappa shape index (κ3) is 4.01. The Morgan fingerprint density at radius 3 is 2.71 bits per heavy atom. The summed E-state index contributed by atoms with van der Waals surface area (Å²) in [4.78, 5) is 7.08. The van der Waals surface area contributed by atoms with Gasteiger partial charge in [-0.05, 0) is 56.4 Å². The Morgan fingerprint density at radius 1 is 1.29 bits per heavy atom. The lowest BCUT2D eigenvalue weighted by atomic mass is 9.79. The molecule has 150 valence electrons. The largest absolute Gasteiger partial charge is 0.496 e. The van der Waals surface area contributed by atoms with Crippen LogP contribution < -0.4 is 9.64 Å². The number of anilines is 1. The van der Waals surface area contributed by atoms with Gasteiger partial charge in [-0.1, -0.05) is 43.1 Å². The standard InChI is InChI=1S/C23H28Cl2N2O/c1-6-10-27-20-12-21(28-5)16(11-17(20)15(2)13-23(27,3)4)14-26-19-9-7-8-18(24)22(19)25/h7-9,11-12,14-15H,6,10,13H2,1-5H3. The summed E-state index contributed by atoms with van der Waals surface area (Å²) in [6.45, 7) is 10.2. The van der Waals surface area contributed by atoms with Crippen LogP contribution in [0.4, 0.5) is 11.4 Å². The molecule has 1 heterocycles. The van der Waals surface area contributed by atoms with Crippen LogP contribution >= 0.6 is 23.2 Å². The van der Waals surface area contributed by atoms with Crippen molar-refractivity contribution in [2.24, 2.45) is 4.99 Å². The van der Waals surface area contributed by atoms with Crippen LogP contribution in [0.5, 0.6) is 5.75 Å². The Balaban J connectivity index is 2.06. The summed E-state index contributed by atoms with van der Waals surface area (Å²) in [5.41, 5.74) is 4.32. The molecular weight excluding hydrogens is 391 g/mol. The lowest BCUT2D eigenvalue weighted by Gasteiger charge is -2.47. The molecule has 0 fully saturated rings. The summed E-state index contributed by atoms with van der Waals surface area (Å²) in [7, 11) is 1.70. The second-order valence-electron chi connectivity index (χ2n) is 8.05. The van der Waals surface area contributed by atoms with Gasteiger partial charge in [0.1, 0.15) is 5.75 Å². The van der Waals surface area contributed by atoms with E-state index in [9.17, 15) is 0 Å². The lowest BCUT2D eigenvalue weighted by Crippen LogP contribution is -2.48. The highest BCUT2D eigenvalue weighted by Crippen LogP contribution is 2.45. The van der Waals surface area contributed by atoms with E-state index in [0.29, 0.717) is 21.7 Å². The van der Waals surface area contributed by atoms with Gasteiger partial charge >= 0.3 is 0 Å². The fourth-order valence-corrected chi connectivity index (χ4v) is 4.53. The second-order valence-corrected chi connectivity index (χ2v) is 8.84. The van der Waals surface area contributed by atoms with Gasteiger partial charge < -0.3 is 9.64 Å². The number of nitrogens with zero attached hydrogens (tertiary/aromatic N) is 2. The first kappa shape index (κ1) is 21.0. The number of ether oxygens (including phenoxy) is 1. The van der Waals surface area contributed by atoms with Crippen LogP contribution in [0.15, 0.2) is 35.3 Å². The van der Waals surface area contributed by atoms with E-state index >= 15 is 0 Å². The maximum Gasteiger partial charge on any atom is 0.129 e. The summed E-state index contributed by atoms with van der Waals surface area (Å²) in [5.74, 6) is 1.28. The lowest BCUT2D eigenvalue weighted by molar-refractivity contribution is 0.372. The molecule has 0 spiro atoms. The van der Waals surface area contributed by atoms with Crippen molar-refractivity contribution in [3.8, 4) is 5.75 Å². The van der Waals surface area contributed by atoms with E-state index < -0.39 is 0 Å². The Morgan fingerprint density at radius 2 is 2.04 bits per heavy atom. The van der Waals surface area contributed by atoms with E-state index in [-0.39, 0.29) is 5.54 Å². The average molecular weight is 419 g/mol. The second kappa shape index (κ2) is 8.34. The summed E-state index contributed by atoms with van der Waals surface area (Å²) in [6.07, 6.45) is 4.03. The summed E-state index contributed by atoms with van der Waals surface area (Å²) < 4.78 is 5.71. The first-order valence-corrected chi connectivity index (χ1v) is 10.5. The SMILES string of the molecule is CCCN1c2cc(OC)c(C=Nc3cccc(Cl)c3Cl)cc2C(C)CC1(C)C. The zero-order valence-corrected chi connectivity index (χ0v) is 18.7. The van der Waals surface area contributed by atoms with Crippen LogP contribution in [0.1, 0.15) is 57.6 Å². The molecule has 0 bridgehead atoms. The van der Waals surface area contributed by atoms with E-state index in [1.54, 1.807) is 13.2 Å². The number of halogens is 2. The highest BCUT2D eigenvalue weighted by molar-refractivity contribution is 6.43. The van der Waals surface area contributed by atoms with Crippen LogP contribution in [0.2, 0.25) is 10.0 Å². The van der Waals surface area contributed by atoms with Crippen molar-refractivity contribution in [1.29, 1.82) is 0 Å². The fourth-order valence-electron chi connectivity index (χ4n) is 4.18. The Bertz CT molecular complexity index is 892. The molecule has 3 rings (SSSR count). The molecule has 0 N–H and O–H groups in total. The van der Waals surface area contributed by atoms with Crippen molar-refractivity contribution < 1.29 is 4.74 Å². The zero-order valence-electron chi connectivity index (χ0n) is 17.2. The molecule has 3 nitrogen and oxygen atoms in total. The highest BCUT2D eigenvalue weighted by Gasteiger charge is 2.36. The highest BCUT2D eigenvalue weighted by atomic mass is 35.5. The molecule has 0 amide bonds. The number of benzene rings is 2. The van der Waals surface area contributed by atoms with Crippen molar-refractivity contribution in [3.05, 3.63) is 51.5 Å². The molecule has 1 aliphatic rings. The summed E-state index contributed by atoms with van der Waals surface area (Å²) in [6, 6.07) is 9.82.